The highest BCUT2D eigenvalue weighted by molar-refractivity contribution is 7.13. The van der Waals surface area contributed by atoms with Gasteiger partial charge in [0.25, 0.3) is 5.91 Å². The molecule has 7 nitrogen and oxygen atoms in total. The summed E-state index contributed by atoms with van der Waals surface area (Å²) in [6, 6.07) is 11.4. The maximum atomic E-state index is 13.0. The number of thiazole rings is 1. The van der Waals surface area contributed by atoms with Crippen molar-refractivity contribution < 1.29 is 14.3 Å². The summed E-state index contributed by atoms with van der Waals surface area (Å²) in [7, 11) is 0. The van der Waals surface area contributed by atoms with Crippen LogP contribution in [0.4, 0.5) is 5.69 Å². The molecule has 0 bridgehead atoms. The van der Waals surface area contributed by atoms with Crippen LogP contribution in [0, 0.1) is 5.92 Å². The normalized spacial score (nSPS) is 18.7. The number of piperidine rings is 1. The van der Waals surface area contributed by atoms with Crippen LogP contribution in [-0.4, -0.2) is 52.4 Å². The third-order valence-corrected chi connectivity index (χ3v) is 7.15. The van der Waals surface area contributed by atoms with Crippen LogP contribution in [0.2, 0.25) is 0 Å². The third kappa shape index (κ3) is 4.35. The van der Waals surface area contributed by atoms with Crippen molar-refractivity contribution in [3.63, 3.8) is 0 Å². The summed E-state index contributed by atoms with van der Waals surface area (Å²) in [5.41, 5.74) is 3.09. The minimum atomic E-state index is -0.632. The molecule has 1 aromatic carbocycles. The van der Waals surface area contributed by atoms with E-state index in [9.17, 15) is 9.59 Å². The topological polar surface area (TPSA) is 75.6 Å². The molecule has 1 atom stereocenters. The molecule has 5 rings (SSSR count). The van der Waals surface area contributed by atoms with E-state index in [0.717, 1.165) is 47.9 Å². The number of amides is 2. The monoisotopic (exact) mass is 462 g/mol. The Balaban J connectivity index is 1.43. The Morgan fingerprint density at radius 1 is 1.15 bits per heavy atom. The Morgan fingerprint density at radius 2 is 1.97 bits per heavy atom. The maximum absolute atomic E-state index is 13.0. The zero-order valence-electron chi connectivity index (χ0n) is 18.7. The predicted octanol–water partition coefficient (Wildman–Crippen LogP) is 4.24. The van der Waals surface area contributed by atoms with E-state index in [1.807, 2.05) is 46.7 Å². The van der Waals surface area contributed by atoms with E-state index in [1.165, 1.54) is 11.3 Å². The van der Waals surface area contributed by atoms with Crippen LogP contribution in [0.3, 0.4) is 0 Å². The van der Waals surface area contributed by atoms with Crippen molar-refractivity contribution in [3.8, 4) is 27.7 Å². The van der Waals surface area contributed by atoms with Crippen molar-refractivity contribution >= 4 is 28.8 Å². The Hall–Kier alpha value is -3.26. The summed E-state index contributed by atoms with van der Waals surface area (Å²) in [5, 5.41) is 2.81. The Kier molecular flexibility index (Phi) is 5.85. The van der Waals surface area contributed by atoms with Crippen molar-refractivity contribution in [2.24, 2.45) is 5.92 Å². The van der Waals surface area contributed by atoms with E-state index in [0.29, 0.717) is 17.4 Å². The number of aromatic nitrogens is 2. The van der Waals surface area contributed by atoms with Gasteiger partial charge in [-0.1, -0.05) is 13.0 Å². The van der Waals surface area contributed by atoms with Gasteiger partial charge >= 0.3 is 0 Å². The lowest BCUT2D eigenvalue weighted by molar-refractivity contribution is -0.134. The van der Waals surface area contributed by atoms with Gasteiger partial charge in [-0.15, -0.1) is 11.3 Å². The number of hydrogen-bond acceptors (Lipinski definition) is 6. The quantitative estimate of drug-likeness (QED) is 0.580. The first-order valence-electron chi connectivity index (χ1n) is 11.3. The fraction of sp³-hybridized carbons (Fsp3) is 0.360. The molecule has 0 saturated carbocycles. The van der Waals surface area contributed by atoms with Gasteiger partial charge in [-0.25, -0.2) is 4.98 Å². The van der Waals surface area contributed by atoms with E-state index in [1.54, 1.807) is 18.0 Å². The van der Waals surface area contributed by atoms with Crippen LogP contribution in [-0.2, 0) is 9.59 Å². The summed E-state index contributed by atoms with van der Waals surface area (Å²) < 4.78 is 5.84. The van der Waals surface area contributed by atoms with Crippen LogP contribution < -0.4 is 9.64 Å². The molecule has 2 amide bonds. The Labute approximate surface area is 197 Å². The number of likely N-dealkylation sites (tertiary alicyclic amines) is 1. The van der Waals surface area contributed by atoms with Gasteiger partial charge in [-0.2, -0.15) is 0 Å². The standard InChI is InChI=1S/C25H26N4O3S/c1-16-8-11-28(12-9-16)23(30)14-29-21-13-18(6-7-22(21)32-17(2)25(29)31)20-15-33-24(27-20)19-5-3-4-10-26-19/h3-7,10,13,15-17H,8-9,11-12,14H2,1-2H3. The lowest BCUT2D eigenvalue weighted by Crippen LogP contribution is -2.50. The summed E-state index contributed by atoms with van der Waals surface area (Å²) in [5.74, 6) is 1.01. The first-order valence-corrected chi connectivity index (χ1v) is 12.1. The molecule has 0 radical (unpaired) electrons. The molecule has 2 aliphatic rings. The number of ether oxygens (including phenoxy) is 1. The number of fused-ring (bicyclic) bond motifs is 1. The van der Waals surface area contributed by atoms with Crippen molar-refractivity contribution in [1.82, 2.24) is 14.9 Å². The van der Waals surface area contributed by atoms with Gasteiger partial charge < -0.3 is 9.64 Å². The molecule has 33 heavy (non-hydrogen) atoms. The van der Waals surface area contributed by atoms with Gasteiger partial charge in [-0.3, -0.25) is 19.5 Å². The van der Waals surface area contributed by atoms with Crippen molar-refractivity contribution in [2.75, 3.05) is 24.5 Å². The molecule has 3 aromatic rings. The first-order chi connectivity index (χ1) is 16.0. The summed E-state index contributed by atoms with van der Waals surface area (Å²) >= 11 is 1.52. The van der Waals surface area contributed by atoms with Crippen LogP contribution in [0.15, 0.2) is 48.0 Å². The van der Waals surface area contributed by atoms with Crippen molar-refractivity contribution in [1.29, 1.82) is 0 Å². The van der Waals surface area contributed by atoms with E-state index >= 15 is 0 Å². The van der Waals surface area contributed by atoms with Crippen molar-refractivity contribution in [3.05, 3.63) is 48.0 Å². The lowest BCUT2D eigenvalue weighted by atomic mass is 9.99. The summed E-state index contributed by atoms with van der Waals surface area (Å²) in [4.78, 5) is 38.6. The number of nitrogens with zero attached hydrogens (tertiary/aromatic N) is 4. The van der Waals surface area contributed by atoms with E-state index < -0.39 is 6.10 Å². The highest BCUT2D eigenvalue weighted by Gasteiger charge is 2.34. The number of pyridine rings is 1. The van der Waals surface area contributed by atoms with Crippen LogP contribution in [0.5, 0.6) is 5.75 Å². The summed E-state index contributed by atoms with van der Waals surface area (Å²) in [6.45, 7) is 5.45. The number of carbonyl (C=O) groups excluding carboxylic acids is 2. The van der Waals surface area contributed by atoms with E-state index in [2.05, 4.69) is 11.9 Å². The molecule has 2 aliphatic heterocycles. The largest absolute Gasteiger partial charge is 0.479 e. The smallest absolute Gasteiger partial charge is 0.268 e. The van der Waals surface area contributed by atoms with Gasteiger partial charge in [0.2, 0.25) is 5.91 Å². The molecule has 0 spiro atoms. The molecule has 8 heteroatoms. The predicted molar refractivity (Wildman–Crippen MR) is 128 cm³/mol. The number of benzene rings is 1. The molecular formula is C25H26N4O3S. The third-order valence-electron chi connectivity index (χ3n) is 6.28. The Bertz CT molecular complexity index is 1170. The zero-order valence-corrected chi connectivity index (χ0v) is 19.5. The zero-order chi connectivity index (χ0) is 22.9. The number of carbonyl (C=O) groups is 2. The number of rotatable bonds is 4. The second-order valence-corrected chi connectivity index (χ2v) is 9.54. The van der Waals surface area contributed by atoms with Gasteiger partial charge in [0, 0.05) is 30.2 Å². The average Bonchev–Trinajstić information content (AvgIpc) is 3.33. The van der Waals surface area contributed by atoms with Gasteiger partial charge in [0.15, 0.2) is 6.10 Å². The van der Waals surface area contributed by atoms with Crippen LogP contribution >= 0.6 is 11.3 Å². The molecule has 0 aliphatic carbocycles. The molecule has 170 valence electrons. The molecule has 1 unspecified atom stereocenters. The molecule has 1 fully saturated rings. The van der Waals surface area contributed by atoms with Gasteiger partial charge in [-0.05, 0) is 56.0 Å². The molecule has 4 heterocycles. The van der Waals surface area contributed by atoms with Crippen LogP contribution in [0.1, 0.15) is 26.7 Å². The maximum Gasteiger partial charge on any atom is 0.268 e. The van der Waals surface area contributed by atoms with Gasteiger partial charge in [0.1, 0.15) is 17.3 Å². The highest BCUT2D eigenvalue weighted by Crippen LogP contribution is 2.38. The molecule has 0 N–H and O–H groups in total. The fourth-order valence-electron chi connectivity index (χ4n) is 4.24. The molecular weight excluding hydrogens is 436 g/mol. The molecule has 2 aromatic heterocycles. The van der Waals surface area contributed by atoms with Crippen molar-refractivity contribution in [2.45, 2.75) is 32.8 Å². The Morgan fingerprint density at radius 3 is 2.73 bits per heavy atom. The molecule has 1 saturated heterocycles. The second-order valence-electron chi connectivity index (χ2n) is 8.68. The van der Waals surface area contributed by atoms with E-state index in [4.69, 9.17) is 9.72 Å². The number of hydrogen-bond donors (Lipinski definition) is 0. The van der Waals surface area contributed by atoms with Gasteiger partial charge in [0.05, 0.1) is 17.1 Å². The van der Waals surface area contributed by atoms with Crippen LogP contribution in [0.25, 0.3) is 22.0 Å². The second kappa shape index (κ2) is 8.94. The number of anilines is 1. The fourth-order valence-corrected chi connectivity index (χ4v) is 5.04. The highest BCUT2D eigenvalue weighted by atomic mass is 32.1. The van der Waals surface area contributed by atoms with E-state index in [-0.39, 0.29) is 18.4 Å². The first kappa shape index (κ1) is 21.6. The average molecular weight is 463 g/mol. The lowest BCUT2D eigenvalue weighted by Gasteiger charge is -2.36. The minimum absolute atomic E-state index is 0.0214. The SMILES string of the molecule is CC1CCN(C(=O)CN2C(=O)C(C)Oc3ccc(-c4csc(-c5ccccn5)n4)cc32)CC1. The summed E-state index contributed by atoms with van der Waals surface area (Å²) in [6.07, 6.45) is 3.12. The minimum Gasteiger partial charge on any atom is -0.479 e.